The Kier molecular flexibility index (Phi) is 4.58. The minimum atomic E-state index is -0.0138. The van der Waals surface area contributed by atoms with E-state index in [4.69, 9.17) is 9.47 Å². The predicted octanol–water partition coefficient (Wildman–Crippen LogP) is 2.51. The van der Waals surface area contributed by atoms with Crippen molar-refractivity contribution in [2.75, 3.05) is 25.6 Å². The smallest absolute Gasteiger partial charge is 0.222 e. The molecule has 1 N–H and O–H groups in total. The summed E-state index contributed by atoms with van der Waals surface area (Å²) in [4.78, 5) is 9.18. The third-order valence-corrected chi connectivity index (χ3v) is 3.12. The third-order valence-electron chi connectivity index (χ3n) is 3.12. The number of hydrogen-bond acceptors (Lipinski definition) is 5. The monoisotopic (exact) mass is 265 g/mol. The zero-order chi connectivity index (χ0) is 13.8. The summed E-state index contributed by atoms with van der Waals surface area (Å²) >= 11 is 0. The van der Waals surface area contributed by atoms with Gasteiger partial charge in [-0.3, -0.25) is 0 Å². The molecule has 1 aromatic heterocycles. The van der Waals surface area contributed by atoms with Crippen molar-refractivity contribution >= 4 is 5.82 Å². The molecule has 0 amide bonds. The first-order valence-electron chi connectivity index (χ1n) is 6.93. The summed E-state index contributed by atoms with van der Waals surface area (Å²) < 4.78 is 11.0. The van der Waals surface area contributed by atoms with E-state index in [0.717, 1.165) is 23.8 Å². The summed E-state index contributed by atoms with van der Waals surface area (Å²) in [5, 5.41) is 3.28. The lowest BCUT2D eigenvalue weighted by Crippen LogP contribution is -2.20. The van der Waals surface area contributed by atoms with Crippen molar-refractivity contribution in [1.29, 1.82) is 0 Å². The van der Waals surface area contributed by atoms with E-state index in [1.54, 1.807) is 7.11 Å². The van der Waals surface area contributed by atoms with Crippen molar-refractivity contribution < 1.29 is 9.47 Å². The summed E-state index contributed by atoms with van der Waals surface area (Å²) in [6, 6.07) is 0. The molecule has 0 aliphatic heterocycles. The second kappa shape index (κ2) is 6.19. The zero-order valence-corrected chi connectivity index (χ0v) is 12.2. The molecule has 5 heteroatoms. The van der Waals surface area contributed by atoms with E-state index in [0.29, 0.717) is 18.4 Å². The number of nitrogens with one attached hydrogen (secondary N) is 1. The Hall–Kier alpha value is -1.36. The van der Waals surface area contributed by atoms with E-state index in [1.165, 1.54) is 12.8 Å². The third kappa shape index (κ3) is 3.56. The maximum atomic E-state index is 5.88. The van der Waals surface area contributed by atoms with Crippen molar-refractivity contribution in [3.05, 3.63) is 11.4 Å². The van der Waals surface area contributed by atoms with Gasteiger partial charge in [0.1, 0.15) is 17.7 Å². The molecule has 0 saturated heterocycles. The van der Waals surface area contributed by atoms with Gasteiger partial charge in [0.15, 0.2) is 0 Å². The number of ether oxygens (including phenoxy) is 2. The molecular formula is C14H23N3O2. The second-order valence-corrected chi connectivity index (χ2v) is 5.05. The summed E-state index contributed by atoms with van der Waals surface area (Å²) in [6.45, 7) is 7.43. The van der Waals surface area contributed by atoms with Crippen LogP contribution < -0.4 is 10.1 Å². The van der Waals surface area contributed by atoms with Gasteiger partial charge in [0.25, 0.3) is 0 Å². The van der Waals surface area contributed by atoms with Gasteiger partial charge in [0.05, 0.1) is 12.2 Å². The van der Waals surface area contributed by atoms with Gasteiger partial charge in [-0.15, -0.1) is 0 Å². The normalized spacial score (nSPS) is 16.2. The first-order chi connectivity index (χ1) is 9.15. The molecule has 1 aliphatic carbocycles. The van der Waals surface area contributed by atoms with Crippen molar-refractivity contribution in [2.45, 2.75) is 45.6 Å². The van der Waals surface area contributed by atoms with Crippen LogP contribution in [0.15, 0.2) is 0 Å². The van der Waals surface area contributed by atoms with Crippen LogP contribution in [0.3, 0.4) is 0 Å². The maximum Gasteiger partial charge on any atom is 0.222 e. The van der Waals surface area contributed by atoms with E-state index in [9.17, 15) is 0 Å². The number of anilines is 1. The molecule has 19 heavy (non-hydrogen) atoms. The first-order valence-corrected chi connectivity index (χ1v) is 6.93. The van der Waals surface area contributed by atoms with E-state index < -0.39 is 0 Å². The van der Waals surface area contributed by atoms with Crippen LogP contribution in [-0.2, 0) is 4.74 Å². The molecule has 5 nitrogen and oxygen atoms in total. The van der Waals surface area contributed by atoms with E-state index in [2.05, 4.69) is 22.2 Å². The highest BCUT2D eigenvalue weighted by Crippen LogP contribution is 2.40. The van der Waals surface area contributed by atoms with Crippen LogP contribution >= 0.6 is 0 Å². The number of rotatable bonds is 7. The van der Waals surface area contributed by atoms with Gasteiger partial charge >= 0.3 is 0 Å². The summed E-state index contributed by atoms with van der Waals surface area (Å²) in [5.74, 6) is 2.98. The number of nitrogens with zero attached hydrogens (tertiary/aromatic N) is 2. The van der Waals surface area contributed by atoms with Crippen molar-refractivity contribution in [3.8, 4) is 5.88 Å². The van der Waals surface area contributed by atoms with Crippen LogP contribution in [-0.4, -0.2) is 36.3 Å². The Balaban J connectivity index is 2.23. The lowest BCUT2D eigenvalue weighted by atomic mass is 10.3. The average Bonchev–Trinajstić information content (AvgIpc) is 3.18. The highest BCUT2D eigenvalue weighted by molar-refractivity contribution is 5.49. The lowest BCUT2D eigenvalue weighted by molar-refractivity contribution is 0.0882. The topological polar surface area (TPSA) is 56.3 Å². The summed E-state index contributed by atoms with van der Waals surface area (Å²) in [5.41, 5.74) is 0.967. The molecule has 0 spiro atoms. The van der Waals surface area contributed by atoms with Gasteiger partial charge in [-0.2, -0.15) is 4.98 Å². The summed E-state index contributed by atoms with van der Waals surface area (Å²) in [7, 11) is 1.67. The van der Waals surface area contributed by atoms with Gasteiger partial charge in [0, 0.05) is 19.6 Å². The van der Waals surface area contributed by atoms with Gasteiger partial charge < -0.3 is 14.8 Å². The Morgan fingerprint density at radius 2 is 2.11 bits per heavy atom. The molecule has 1 atom stereocenters. The quantitative estimate of drug-likeness (QED) is 0.821. The number of hydrogen-bond donors (Lipinski definition) is 1. The predicted molar refractivity (Wildman–Crippen MR) is 74.9 cm³/mol. The molecule has 106 valence electrons. The molecule has 2 rings (SSSR count). The van der Waals surface area contributed by atoms with Gasteiger partial charge in [0.2, 0.25) is 5.88 Å². The SMILES string of the molecule is CCNc1nc(C2CC2)nc(OC(C)COC)c1C. The van der Waals surface area contributed by atoms with E-state index in [1.807, 2.05) is 13.8 Å². The fourth-order valence-corrected chi connectivity index (χ4v) is 1.95. The Bertz CT molecular complexity index is 433. The van der Waals surface area contributed by atoms with E-state index >= 15 is 0 Å². The Morgan fingerprint density at radius 3 is 2.68 bits per heavy atom. The second-order valence-electron chi connectivity index (χ2n) is 5.05. The fraction of sp³-hybridized carbons (Fsp3) is 0.714. The summed E-state index contributed by atoms with van der Waals surface area (Å²) in [6.07, 6.45) is 2.35. The van der Waals surface area contributed by atoms with Gasteiger partial charge in [-0.25, -0.2) is 4.98 Å². The molecule has 0 aromatic carbocycles. The molecule has 0 radical (unpaired) electrons. The van der Waals surface area contributed by atoms with Crippen molar-refractivity contribution in [2.24, 2.45) is 0 Å². The van der Waals surface area contributed by atoms with Crippen LogP contribution in [0.25, 0.3) is 0 Å². The van der Waals surface area contributed by atoms with Crippen LogP contribution in [0.5, 0.6) is 5.88 Å². The highest BCUT2D eigenvalue weighted by atomic mass is 16.5. The molecule has 1 heterocycles. The molecule has 0 bridgehead atoms. The molecule has 1 aliphatic rings. The zero-order valence-electron chi connectivity index (χ0n) is 12.2. The molecule has 1 aromatic rings. The Labute approximate surface area is 114 Å². The first kappa shape index (κ1) is 14.1. The largest absolute Gasteiger partial charge is 0.472 e. The van der Waals surface area contributed by atoms with Crippen molar-refractivity contribution in [3.63, 3.8) is 0 Å². The maximum absolute atomic E-state index is 5.88. The van der Waals surface area contributed by atoms with Gasteiger partial charge in [-0.05, 0) is 33.6 Å². The standard InChI is InChI=1S/C14H23N3O2/c1-5-15-12-10(3)14(19-9(2)8-18-4)17-13(16-12)11-6-7-11/h9,11H,5-8H2,1-4H3,(H,15,16,17). The Morgan fingerprint density at radius 1 is 1.37 bits per heavy atom. The lowest BCUT2D eigenvalue weighted by Gasteiger charge is -2.17. The van der Waals surface area contributed by atoms with Crippen LogP contribution in [0.4, 0.5) is 5.82 Å². The molecule has 1 fully saturated rings. The fourth-order valence-electron chi connectivity index (χ4n) is 1.95. The minimum Gasteiger partial charge on any atom is -0.472 e. The van der Waals surface area contributed by atoms with E-state index in [-0.39, 0.29) is 6.10 Å². The number of aromatic nitrogens is 2. The minimum absolute atomic E-state index is 0.0138. The average molecular weight is 265 g/mol. The van der Waals surface area contributed by atoms with Crippen LogP contribution in [0, 0.1) is 6.92 Å². The van der Waals surface area contributed by atoms with Crippen molar-refractivity contribution in [1.82, 2.24) is 9.97 Å². The molecular weight excluding hydrogens is 242 g/mol. The van der Waals surface area contributed by atoms with Crippen LogP contribution in [0.1, 0.15) is 44.0 Å². The molecule has 1 unspecified atom stereocenters. The number of methoxy groups -OCH3 is 1. The van der Waals surface area contributed by atoms with Crippen LogP contribution in [0.2, 0.25) is 0 Å². The molecule has 1 saturated carbocycles. The highest BCUT2D eigenvalue weighted by Gasteiger charge is 2.28. The van der Waals surface area contributed by atoms with Gasteiger partial charge in [-0.1, -0.05) is 0 Å².